The third-order valence-corrected chi connectivity index (χ3v) is 3.43. The predicted octanol–water partition coefficient (Wildman–Crippen LogP) is 3.43. The monoisotopic (exact) mass is 320 g/mol. The molecule has 1 atom stereocenters. The Morgan fingerprint density at radius 1 is 0.958 bits per heavy atom. The van der Waals surface area contributed by atoms with Crippen molar-refractivity contribution in [1.82, 2.24) is 9.97 Å². The Labute approximate surface area is 139 Å². The van der Waals surface area contributed by atoms with Crippen molar-refractivity contribution in [2.24, 2.45) is 0 Å². The smallest absolute Gasteiger partial charge is 0.358 e. The highest BCUT2D eigenvalue weighted by Gasteiger charge is 2.22. The molecule has 5 nitrogen and oxygen atoms in total. The molecule has 3 rings (SSSR count). The number of hydrogen-bond acceptors (Lipinski definition) is 5. The molecule has 0 aliphatic rings. The largest absolute Gasteiger partial charge is 0.481 e. The molecular weight excluding hydrogens is 304 g/mol. The van der Waals surface area contributed by atoms with Crippen molar-refractivity contribution in [3.63, 3.8) is 0 Å². The van der Waals surface area contributed by atoms with E-state index in [4.69, 9.17) is 9.47 Å². The van der Waals surface area contributed by atoms with Crippen molar-refractivity contribution in [3.8, 4) is 5.88 Å². The SMILES string of the molecule is COc1cccc(C(=O)O[C@@H](c2ccccc2)c2ccccn2)n1. The van der Waals surface area contributed by atoms with Crippen LogP contribution in [0.15, 0.2) is 72.9 Å². The van der Waals surface area contributed by atoms with E-state index < -0.39 is 12.1 Å². The molecule has 0 radical (unpaired) electrons. The van der Waals surface area contributed by atoms with Crippen LogP contribution in [0.5, 0.6) is 5.88 Å². The molecule has 24 heavy (non-hydrogen) atoms. The molecule has 0 bridgehead atoms. The van der Waals surface area contributed by atoms with E-state index in [1.165, 1.54) is 7.11 Å². The molecule has 0 unspecified atom stereocenters. The summed E-state index contributed by atoms with van der Waals surface area (Å²) in [6.45, 7) is 0. The van der Waals surface area contributed by atoms with E-state index in [0.717, 1.165) is 5.56 Å². The number of nitrogens with zero attached hydrogens (tertiary/aromatic N) is 2. The van der Waals surface area contributed by atoms with Crippen LogP contribution in [0.3, 0.4) is 0 Å². The minimum absolute atomic E-state index is 0.186. The minimum Gasteiger partial charge on any atom is -0.481 e. The molecule has 2 heterocycles. The van der Waals surface area contributed by atoms with Crippen LogP contribution in [0.25, 0.3) is 0 Å². The number of methoxy groups -OCH3 is 1. The average Bonchev–Trinajstić information content (AvgIpc) is 2.67. The van der Waals surface area contributed by atoms with Crippen molar-refractivity contribution >= 4 is 5.97 Å². The predicted molar refractivity (Wildman–Crippen MR) is 88.7 cm³/mol. The van der Waals surface area contributed by atoms with Crippen molar-refractivity contribution in [3.05, 3.63) is 89.9 Å². The van der Waals surface area contributed by atoms with Crippen LogP contribution in [-0.4, -0.2) is 23.0 Å². The summed E-state index contributed by atoms with van der Waals surface area (Å²) in [5.74, 6) is -0.174. The summed E-state index contributed by atoms with van der Waals surface area (Å²) >= 11 is 0. The first kappa shape index (κ1) is 15.7. The van der Waals surface area contributed by atoms with E-state index >= 15 is 0 Å². The van der Waals surface area contributed by atoms with Crippen LogP contribution in [0.4, 0.5) is 0 Å². The van der Waals surface area contributed by atoms with E-state index in [-0.39, 0.29) is 5.69 Å². The first-order valence-electron chi connectivity index (χ1n) is 7.46. The zero-order chi connectivity index (χ0) is 16.8. The van der Waals surface area contributed by atoms with Gasteiger partial charge in [0.15, 0.2) is 11.8 Å². The Kier molecular flexibility index (Phi) is 4.81. The fraction of sp³-hybridized carbons (Fsp3) is 0.105. The highest BCUT2D eigenvalue weighted by Crippen LogP contribution is 2.25. The maximum absolute atomic E-state index is 12.5. The minimum atomic E-state index is -0.604. The molecule has 0 fully saturated rings. The summed E-state index contributed by atoms with van der Waals surface area (Å²) < 4.78 is 10.7. The highest BCUT2D eigenvalue weighted by atomic mass is 16.5. The molecule has 0 aliphatic carbocycles. The summed E-state index contributed by atoms with van der Waals surface area (Å²) in [5, 5.41) is 0. The van der Waals surface area contributed by atoms with Gasteiger partial charge in [-0.3, -0.25) is 4.98 Å². The summed E-state index contributed by atoms with van der Waals surface area (Å²) in [5.41, 5.74) is 1.68. The van der Waals surface area contributed by atoms with Crippen LogP contribution in [0.1, 0.15) is 27.8 Å². The average molecular weight is 320 g/mol. The first-order chi connectivity index (χ1) is 11.8. The number of hydrogen-bond donors (Lipinski definition) is 0. The number of esters is 1. The zero-order valence-electron chi connectivity index (χ0n) is 13.1. The molecular formula is C19H16N2O3. The van der Waals surface area contributed by atoms with Crippen molar-refractivity contribution in [2.45, 2.75) is 6.10 Å². The third-order valence-electron chi connectivity index (χ3n) is 3.43. The topological polar surface area (TPSA) is 61.3 Å². The van der Waals surface area contributed by atoms with Gasteiger partial charge in [-0.15, -0.1) is 0 Å². The van der Waals surface area contributed by atoms with Gasteiger partial charge in [-0.05, 0) is 23.8 Å². The van der Waals surface area contributed by atoms with Crippen LogP contribution >= 0.6 is 0 Å². The Morgan fingerprint density at radius 2 is 1.75 bits per heavy atom. The molecule has 2 aromatic heterocycles. The van der Waals surface area contributed by atoms with Crippen molar-refractivity contribution < 1.29 is 14.3 Å². The second-order valence-electron chi connectivity index (χ2n) is 5.02. The Balaban J connectivity index is 1.91. The maximum Gasteiger partial charge on any atom is 0.358 e. The number of carbonyl (C=O) groups is 1. The Hall–Kier alpha value is -3.21. The van der Waals surface area contributed by atoms with E-state index in [1.807, 2.05) is 48.5 Å². The fourth-order valence-electron chi connectivity index (χ4n) is 2.27. The van der Waals surface area contributed by atoms with Gasteiger partial charge in [-0.1, -0.05) is 42.5 Å². The van der Waals surface area contributed by atoms with E-state index in [9.17, 15) is 4.79 Å². The zero-order valence-corrected chi connectivity index (χ0v) is 13.1. The molecule has 1 aromatic carbocycles. The lowest BCUT2D eigenvalue weighted by Gasteiger charge is -2.17. The normalized spacial score (nSPS) is 11.5. The maximum atomic E-state index is 12.5. The number of carbonyl (C=O) groups excluding carboxylic acids is 1. The lowest BCUT2D eigenvalue weighted by Crippen LogP contribution is -2.15. The van der Waals surface area contributed by atoms with Crippen molar-refractivity contribution in [1.29, 1.82) is 0 Å². The van der Waals surface area contributed by atoms with Gasteiger partial charge in [0, 0.05) is 12.3 Å². The Bertz CT molecular complexity index is 768. The number of ether oxygens (including phenoxy) is 2. The van der Waals surface area contributed by atoms with Gasteiger partial charge in [0.25, 0.3) is 0 Å². The van der Waals surface area contributed by atoms with E-state index in [1.54, 1.807) is 24.4 Å². The van der Waals surface area contributed by atoms with Crippen LogP contribution < -0.4 is 4.74 Å². The van der Waals surface area contributed by atoms with Gasteiger partial charge in [0.1, 0.15) is 0 Å². The lowest BCUT2D eigenvalue weighted by molar-refractivity contribution is 0.0362. The molecule has 5 heteroatoms. The van der Waals surface area contributed by atoms with Gasteiger partial charge in [0.2, 0.25) is 5.88 Å². The van der Waals surface area contributed by atoms with Crippen LogP contribution in [-0.2, 0) is 4.74 Å². The van der Waals surface area contributed by atoms with Gasteiger partial charge in [0.05, 0.1) is 12.8 Å². The third kappa shape index (κ3) is 3.57. The molecule has 3 aromatic rings. The second-order valence-corrected chi connectivity index (χ2v) is 5.02. The summed E-state index contributed by atoms with van der Waals surface area (Å²) in [7, 11) is 1.50. The second kappa shape index (κ2) is 7.37. The Morgan fingerprint density at radius 3 is 2.46 bits per heavy atom. The number of benzene rings is 1. The summed E-state index contributed by atoms with van der Waals surface area (Å²) in [4.78, 5) is 20.9. The molecule has 0 aliphatic heterocycles. The number of pyridine rings is 2. The van der Waals surface area contributed by atoms with Crippen LogP contribution in [0, 0.1) is 0 Å². The molecule has 0 saturated carbocycles. The molecule has 120 valence electrons. The van der Waals surface area contributed by atoms with E-state index in [0.29, 0.717) is 11.6 Å². The molecule has 0 saturated heterocycles. The van der Waals surface area contributed by atoms with Gasteiger partial charge in [-0.25, -0.2) is 9.78 Å². The quantitative estimate of drug-likeness (QED) is 0.674. The van der Waals surface area contributed by atoms with Crippen molar-refractivity contribution in [2.75, 3.05) is 7.11 Å². The summed E-state index contributed by atoms with van der Waals surface area (Å²) in [6.07, 6.45) is 1.07. The standard InChI is InChI=1S/C19H16N2O3/c1-23-17-12-7-11-16(21-17)19(22)24-18(14-8-3-2-4-9-14)15-10-5-6-13-20-15/h2-13,18H,1H3/t18-/m0/s1. The summed E-state index contributed by atoms with van der Waals surface area (Å²) in [6, 6.07) is 19.9. The van der Waals surface area contributed by atoms with Crippen LogP contribution in [0.2, 0.25) is 0 Å². The van der Waals surface area contributed by atoms with Gasteiger partial charge < -0.3 is 9.47 Å². The fourth-order valence-corrected chi connectivity index (χ4v) is 2.27. The van der Waals surface area contributed by atoms with Gasteiger partial charge in [-0.2, -0.15) is 0 Å². The highest BCUT2D eigenvalue weighted by molar-refractivity contribution is 5.87. The lowest BCUT2D eigenvalue weighted by atomic mass is 10.1. The number of rotatable bonds is 5. The first-order valence-corrected chi connectivity index (χ1v) is 7.46. The van der Waals surface area contributed by atoms with Gasteiger partial charge >= 0.3 is 5.97 Å². The molecule has 0 N–H and O–H groups in total. The molecule has 0 amide bonds. The van der Waals surface area contributed by atoms with E-state index in [2.05, 4.69) is 9.97 Å². The molecule has 0 spiro atoms. The number of aromatic nitrogens is 2.